The summed E-state index contributed by atoms with van der Waals surface area (Å²) < 4.78 is 1.72. The molecule has 2 aromatic carbocycles. The van der Waals surface area contributed by atoms with E-state index in [0.29, 0.717) is 12.1 Å². The average Bonchev–Trinajstić information content (AvgIpc) is 2.81. The number of amides is 1. The Bertz CT molecular complexity index is 1230. The van der Waals surface area contributed by atoms with E-state index in [1.807, 2.05) is 31.2 Å². The summed E-state index contributed by atoms with van der Waals surface area (Å²) in [6, 6.07) is 17.0. The lowest BCUT2D eigenvalue weighted by Crippen LogP contribution is -2.39. The molecule has 34 heavy (non-hydrogen) atoms. The predicted octanol–water partition coefficient (Wildman–Crippen LogP) is 4.42. The van der Waals surface area contributed by atoms with Crippen LogP contribution in [0.2, 0.25) is 0 Å². The number of fused-ring (bicyclic) bond motifs is 1. The summed E-state index contributed by atoms with van der Waals surface area (Å²) in [7, 11) is 0. The monoisotopic (exact) mass is 458 g/mol. The van der Waals surface area contributed by atoms with Crippen molar-refractivity contribution in [3.63, 3.8) is 0 Å². The summed E-state index contributed by atoms with van der Waals surface area (Å²) in [6.07, 6.45) is 5.83. The molecule has 4 rings (SSSR count). The second-order valence-corrected chi connectivity index (χ2v) is 8.98. The van der Waals surface area contributed by atoms with Crippen molar-refractivity contribution >= 4 is 11.9 Å². The van der Waals surface area contributed by atoms with Crippen LogP contribution in [-0.2, 0) is 24.2 Å². The van der Waals surface area contributed by atoms with Gasteiger partial charge in [-0.25, -0.2) is 4.79 Å². The molecule has 2 N–H and O–H groups in total. The third kappa shape index (κ3) is 5.28. The average molecular weight is 459 g/mol. The first-order valence-electron chi connectivity index (χ1n) is 11.8. The largest absolute Gasteiger partial charge is 0.479 e. The quantitative estimate of drug-likeness (QED) is 0.572. The molecule has 0 unspecified atom stereocenters. The fourth-order valence-electron chi connectivity index (χ4n) is 4.58. The maximum absolute atomic E-state index is 13.6. The fourth-order valence-corrected chi connectivity index (χ4v) is 4.58. The number of nitrogens with zero attached hydrogens (tertiary/aromatic N) is 1. The smallest absolute Gasteiger partial charge is 0.330 e. The molecular formula is C28H30N2O4. The zero-order valence-corrected chi connectivity index (χ0v) is 19.4. The van der Waals surface area contributed by atoms with Gasteiger partial charge in [-0.3, -0.25) is 9.59 Å². The zero-order valence-electron chi connectivity index (χ0n) is 19.4. The van der Waals surface area contributed by atoms with Gasteiger partial charge in [-0.15, -0.1) is 0 Å². The number of aliphatic carboxylic acids is 1. The number of hydrogen-bond acceptors (Lipinski definition) is 3. The Morgan fingerprint density at radius 2 is 1.65 bits per heavy atom. The molecule has 1 amide bonds. The molecule has 0 saturated carbocycles. The van der Waals surface area contributed by atoms with Crippen molar-refractivity contribution in [1.82, 2.24) is 9.88 Å². The highest BCUT2D eigenvalue weighted by molar-refractivity contribution is 5.96. The Labute approximate surface area is 199 Å². The van der Waals surface area contributed by atoms with Gasteiger partial charge in [0, 0.05) is 5.69 Å². The summed E-state index contributed by atoms with van der Waals surface area (Å²) in [5.41, 5.74) is 4.18. The summed E-state index contributed by atoms with van der Waals surface area (Å²) in [6.45, 7) is 2.39. The second-order valence-electron chi connectivity index (χ2n) is 8.98. The molecular weight excluding hydrogens is 428 g/mol. The van der Waals surface area contributed by atoms with Crippen LogP contribution in [0.1, 0.15) is 70.0 Å². The maximum Gasteiger partial charge on any atom is 0.330 e. The lowest BCUT2D eigenvalue weighted by Gasteiger charge is -2.22. The van der Waals surface area contributed by atoms with Gasteiger partial charge in [0.1, 0.15) is 5.56 Å². The van der Waals surface area contributed by atoms with Gasteiger partial charge in [-0.2, -0.15) is 0 Å². The number of aryl methyl sites for hydroxylation is 2. The molecule has 3 aromatic rings. The van der Waals surface area contributed by atoms with Crippen LogP contribution in [0.15, 0.2) is 65.5 Å². The SMILES string of the molecule is Cc1ccc(Cn2c3c(cc(C(=O)N[C@@H](C(=O)O)c4ccccc4)c2=O)CCCCCC3)cc1. The lowest BCUT2D eigenvalue weighted by molar-refractivity contribution is -0.139. The van der Waals surface area contributed by atoms with Crippen LogP contribution >= 0.6 is 0 Å². The Hall–Kier alpha value is -3.67. The minimum absolute atomic E-state index is 0.00591. The Morgan fingerprint density at radius 3 is 2.32 bits per heavy atom. The molecule has 0 bridgehead atoms. The van der Waals surface area contributed by atoms with Crippen molar-refractivity contribution in [3.05, 3.63) is 105 Å². The molecule has 0 fully saturated rings. The minimum Gasteiger partial charge on any atom is -0.479 e. The third-order valence-electron chi connectivity index (χ3n) is 6.46. The normalized spacial score (nSPS) is 14.4. The van der Waals surface area contributed by atoms with Gasteiger partial charge in [-0.1, -0.05) is 73.0 Å². The molecule has 0 spiro atoms. The first-order valence-corrected chi connectivity index (χ1v) is 11.8. The topological polar surface area (TPSA) is 88.4 Å². The van der Waals surface area contributed by atoms with Crippen LogP contribution in [0.5, 0.6) is 0 Å². The van der Waals surface area contributed by atoms with Gasteiger partial charge in [0.2, 0.25) is 0 Å². The highest BCUT2D eigenvalue weighted by Gasteiger charge is 2.26. The van der Waals surface area contributed by atoms with Gasteiger partial charge < -0.3 is 15.0 Å². The van der Waals surface area contributed by atoms with Gasteiger partial charge >= 0.3 is 5.97 Å². The van der Waals surface area contributed by atoms with Crippen molar-refractivity contribution in [2.45, 2.75) is 58.0 Å². The minimum atomic E-state index is -1.24. The third-order valence-corrected chi connectivity index (χ3v) is 6.46. The number of rotatable bonds is 6. The van der Waals surface area contributed by atoms with E-state index in [1.54, 1.807) is 41.0 Å². The number of nitrogens with one attached hydrogen (secondary N) is 1. The number of benzene rings is 2. The number of aromatic nitrogens is 1. The molecule has 0 radical (unpaired) electrons. The number of carbonyl (C=O) groups excluding carboxylic acids is 1. The van der Waals surface area contributed by atoms with Crippen LogP contribution in [0.3, 0.4) is 0 Å². The van der Waals surface area contributed by atoms with E-state index in [2.05, 4.69) is 5.32 Å². The van der Waals surface area contributed by atoms with Crippen molar-refractivity contribution in [2.24, 2.45) is 0 Å². The molecule has 176 valence electrons. The molecule has 6 heteroatoms. The predicted molar refractivity (Wildman–Crippen MR) is 131 cm³/mol. The van der Waals surface area contributed by atoms with Gasteiger partial charge in [-0.05, 0) is 55.4 Å². The van der Waals surface area contributed by atoms with Crippen molar-refractivity contribution in [1.29, 1.82) is 0 Å². The van der Waals surface area contributed by atoms with Gasteiger partial charge in [0.15, 0.2) is 6.04 Å². The van der Waals surface area contributed by atoms with E-state index in [1.165, 1.54) is 0 Å². The van der Waals surface area contributed by atoms with Crippen LogP contribution in [0, 0.1) is 6.92 Å². The number of carboxylic acid groups (broad SMARTS) is 1. The number of carboxylic acids is 1. The van der Waals surface area contributed by atoms with Crippen LogP contribution < -0.4 is 10.9 Å². The second kappa shape index (κ2) is 10.5. The van der Waals surface area contributed by atoms with Crippen molar-refractivity contribution in [3.8, 4) is 0 Å². The van der Waals surface area contributed by atoms with E-state index in [-0.39, 0.29) is 11.1 Å². The van der Waals surface area contributed by atoms with Crippen LogP contribution in [0.4, 0.5) is 0 Å². The maximum atomic E-state index is 13.6. The summed E-state index contributed by atoms with van der Waals surface area (Å²) in [5, 5.41) is 12.3. The Morgan fingerprint density at radius 1 is 0.971 bits per heavy atom. The van der Waals surface area contributed by atoms with Crippen molar-refractivity contribution < 1.29 is 14.7 Å². The van der Waals surface area contributed by atoms with E-state index >= 15 is 0 Å². The Kier molecular flexibility index (Phi) is 7.26. The van der Waals surface area contributed by atoms with E-state index < -0.39 is 17.9 Å². The van der Waals surface area contributed by atoms with E-state index in [0.717, 1.165) is 60.9 Å². The Balaban J connectivity index is 1.75. The molecule has 1 aromatic heterocycles. The van der Waals surface area contributed by atoms with Gasteiger partial charge in [0.05, 0.1) is 6.54 Å². The first kappa shape index (κ1) is 23.5. The zero-order chi connectivity index (χ0) is 24.1. The molecule has 1 atom stereocenters. The highest BCUT2D eigenvalue weighted by atomic mass is 16.4. The summed E-state index contributed by atoms with van der Waals surface area (Å²) >= 11 is 0. The van der Waals surface area contributed by atoms with E-state index in [9.17, 15) is 19.5 Å². The molecule has 1 aliphatic rings. The standard InChI is InChI=1S/C28H30N2O4/c1-19-13-15-20(16-14-19)18-30-24-12-8-3-2-5-11-22(24)17-23(27(30)32)26(31)29-25(28(33)34)21-9-6-4-7-10-21/h4,6-7,9-10,13-17,25H,2-3,5,8,11-12,18H2,1H3,(H,29,31)(H,33,34)/t25-/m1/s1. The fraction of sp³-hybridized carbons (Fsp3) is 0.321. The van der Waals surface area contributed by atoms with Crippen molar-refractivity contribution in [2.75, 3.05) is 0 Å². The highest BCUT2D eigenvalue weighted by Crippen LogP contribution is 2.22. The van der Waals surface area contributed by atoms with E-state index in [4.69, 9.17) is 0 Å². The molecule has 0 saturated heterocycles. The van der Waals surface area contributed by atoms with Crippen LogP contribution in [0.25, 0.3) is 0 Å². The lowest BCUT2D eigenvalue weighted by atomic mass is 9.95. The van der Waals surface area contributed by atoms with Gasteiger partial charge in [0.25, 0.3) is 11.5 Å². The summed E-state index contributed by atoms with van der Waals surface area (Å²) in [5.74, 6) is -1.84. The summed E-state index contributed by atoms with van der Waals surface area (Å²) in [4.78, 5) is 38.8. The number of pyridine rings is 1. The van der Waals surface area contributed by atoms with Crippen LogP contribution in [-0.4, -0.2) is 21.6 Å². The first-order chi connectivity index (χ1) is 16.4. The molecule has 1 heterocycles. The number of carbonyl (C=O) groups is 2. The molecule has 1 aliphatic carbocycles. The molecule has 0 aliphatic heterocycles. The number of hydrogen-bond donors (Lipinski definition) is 2. The molecule has 6 nitrogen and oxygen atoms in total.